The summed E-state index contributed by atoms with van der Waals surface area (Å²) in [7, 11) is 0. The van der Waals surface area contributed by atoms with Crippen LogP contribution in [0.5, 0.6) is 0 Å². The molecule has 2 saturated heterocycles. The number of hydrogen-bond donors (Lipinski definition) is 1. The molecule has 2 fully saturated rings. The molecule has 9 nitrogen and oxygen atoms in total. The molecule has 0 aliphatic carbocycles. The van der Waals surface area contributed by atoms with Gasteiger partial charge < -0.3 is 20.0 Å². The maximum atomic E-state index is 12.5. The Morgan fingerprint density at radius 2 is 1.91 bits per heavy atom. The van der Waals surface area contributed by atoms with Gasteiger partial charge in [0.15, 0.2) is 0 Å². The molecule has 1 unspecified atom stereocenters. The third kappa shape index (κ3) is 6.41. The smallest absolute Gasteiger partial charge is 0.293 e. The minimum absolute atomic E-state index is 0.0108. The van der Waals surface area contributed by atoms with Crippen LogP contribution in [0.4, 0.5) is 11.4 Å². The van der Waals surface area contributed by atoms with Crippen LogP contribution in [-0.2, 0) is 4.79 Å². The molecular weight excluding hydrogens is 410 g/mol. The molecule has 176 valence electrons. The Morgan fingerprint density at radius 3 is 2.56 bits per heavy atom. The molecule has 32 heavy (non-hydrogen) atoms. The van der Waals surface area contributed by atoms with Crippen LogP contribution in [0.1, 0.15) is 49.9 Å². The lowest BCUT2D eigenvalue weighted by Crippen LogP contribution is -2.48. The Balaban J connectivity index is 1.50. The average Bonchev–Trinajstić information content (AvgIpc) is 2.78. The molecule has 2 heterocycles. The van der Waals surface area contributed by atoms with Crippen molar-refractivity contribution >= 4 is 23.2 Å². The van der Waals surface area contributed by atoms with Gasteiger partial charge in [0.05, 0.1) is 4.92 Å². The van der Waals surface area contributed by atoms with E-state index in [2.05, 4.69) is 17.1 Å². The van der Waals surface area contributed by atoms with Crippen molar-refractivity contribution < 1.29 is 14.5 Å². The van der Waals surface area contributed by atoms with Crippen molar-refractivity contribution in [2.45, 2.75) is 39.5 Å². The average molecular weight is 446 g/mol. The van der Waals surface area contributed by atoms with Crippen LogP contribution in [0.15, 0.2) is 18.2 Å². The fourth-order valence-electron chi connectivity index (χ4n) is 4.59. The van der Waals surface area contributed by atoms with E-state index in [9.17, 15) is 19.7 Å². The van der Waals surface area contributed by atoms with Gasteiger partial charge in [0.25, 0.3) is 11.6 Å². The first-order chi connectivity index (χ1) is 15.3. The lowest BCUT2D eigenvalue weighted by molar-refractivity contribution is -0.384. The number of nitro benzene ring substituents is 1. The zero-order valence-electron chi connectivity index (χ0n) is 19.2. The molecule has 3 rings (SSSR count). The number of likely N-dealkylation sites (tertiary alicyclic amines) is 1. The van der Waals surface area contributed by atoms with E-state index in [-0.39, 0.29) is 17.5 Å². The second kappa shape index (κ2) is 11.3. The molecule has 0 aromatic heterocycles. The van der Waals surface area contributed by atoms with Crippen LogP contribution in [0, 0.1) is 16.0 Å². The van der Waals surface area contributed by atoms with Crippen LogP contribution in [0.25, 0.3) is 0 Å². The third-order valence-corrected chi connectivity index (χ3v) is 6.43. The molecule has 0 spiro atoms. The first-order valence-electron chi connectivity index (χ1n) is 11.6. The summed E-state index contributed by atoms with van der Waals surface area (Å²) < 4.78 is 0. The van der Waals surface area contributed by atoms with Crippen LogP contribution < -0.4 is 10.2 Å². The van der Waals surface area contributed by atoms with Gasteiger partial charge in [0.2, 0.25) is 5.91 Å². The van der Waals surface area contributed by atoms with Gasteiger partial charge in [-0.25, -0.2) is 0 Å². The molecule has 0 radical (unpaired) electrons. The Morgan fingerprint density at radius 1 is 1.16 bits per heavy atom. The number of carbonyl (C=O) groups excluding carboxylic acids is 2. The molecule has 2 aliphatic heterocycles. The summed E-state index contributed by atoms with van der Waals surface area (Å²) >= 11 is 0. The number of piperazine rings is 1. The highest BCUT2D eigenvalue weighted by Crippen LogP contribution is 2.30. The van der Waals surface area contributed by atoms with E-state index in [1.807, 2.05) is 4.90 Å². The summed E-state index contributed by atoms with van der Waals surface area (Å²) in [5.74, 6) is 0.490. The SMILES string of the molecule is CC(=O)N1CCN(c2ccc(C(=O)NCCCCN3CCCC(C)C3)cc2[N+](=O)[O-])CC1. The van der Waals surface area contributed by atoms with Crippen molar-refractivity contribution in [2.24, 2.45) is 5.92 Å². The molecule has 1 aromatic rings. The van der Waals surface area contributed by atoms with Gasteiger partial charge in [-0.1, -0.05) is 6.92 Å². The van der Waals surface area contributed by atoms with Gasteiger partial charge in [-0.2, -0.15) is 0 Å². The Hall–Kier alpha value is -2.68. The fraction of sp³-hybridized carbons (Fsp3) is 0.652. The highest BCUT2D eigenvalue weighted by molar-refractivity contribution is 5.95. The molecule has 1 N–H and O–H groups in total. The number of nitrogens with one attached hydrogen (secondary N) is 1. The van der Waals surface area contributed by atoms with Crippen molar-refractivity contribution in [3.63, 3.8) is 0 Å². The van der Waals surface area contributed by atoms with Gasteiger partial charge in [-0.3, -0.25) is 19.7 Å². The lowest BCUT2D eigenvalue weighted by Gasteiger charge is -2.35. The largest absolute Gasteiger partial charge is 0.362 e. The number of nitrogens with zero attached hydrogens (tertiary/aromatic N) is 4. The summed E-state index contributed by atoms with van der Waals surface area (Å²) in [4.78, 5) is 41.4. The summed E-state index contributed by atoms with van der Waals surface area (Å²) in [5.41, 5.74) is 0.714. The summed E-state index contributed by atoms with van der Waals surface area (Å²) in [6.07, 6.45) is 4.49. The van der Waals surface area contributed by atoms with Crippen LogP contribution >= 0.6 is 0 Å². The molecule has 2 amide bonds. The number of rotatable bonds is 8. The minimum atomic E-state index is -0.441. The van der Waals surface area contributed by atoms with Crippen LogP contribution in [0.3, 0.4) is 0 Å². The predicted molar refractivity (Wildman–Crippen MR) is 124 cm³/mol. The normalized spacial score (nSPS) is 19.6. The van der Waals surface area contributed by atoms with E-state index >= 15 is 0 Å². The zero-order chi connectivity index (χ0) is 23.1. The molecule has 0 bridgehead atoms. The molecule has 0 saturated carbocycles. The highest BCUT2D eigenvalue weighted by Gasteiger charge is 2.26. The number of nitro groups is 1. The van der Waals surface area contributed by atoms with Crippen molar-refractivity contribution in [2.75, 3.05) is 57.3 Å². The number of benzene rings is 1. The molecule has 1 atom stereocenters. The van der Waals surface area contributed by atoms with Gasteiger partial charge >= 0.3 is 0 Å². The standard InChI is InChI=1S/C23H35N5O4/c1-18-6-5-11-25(17-18)10-4-3-9-24-23(30)20-7-8-21(22(16-20)28(31)32)27-14-12-26(13-15-27)19(2)29/h7-8,16,18H,3-6,9-15,17H2,1-2H3,(H,24,30). The van der Waals surface area contributed by atoms with E-state index in [1.165, 1.54) is 25.8 Å². The van der Waals surface area contributed by atoms with Gasteiger partial charge in [-0.15, -0.1) is 0 Å². The number of hydrogen-bond acceptors (Lipinski definition) is 6. The Bertz CT molecular complexity index is 823. The van der Waals surface area contributed by atoms with Crippen molar-refractivity contribution in [3.8, 4) is 0 Å². The van der Waals surface area contributed by atoms with Crippen molar-refractivity contribution in [1.82, 2.24) is 15.1 Å². The van der Waals surface area contributed by atoms with Crippen molar-refractivity contribution in [1.29, 1.82) is 0 Å². The number of unbranched alkanes of at least 4 members (excludes halogenated alkanes) is 1. The second-order valence-electron chi connectivity index (χ2n) is 8.96. The number of piperidine rings is 1. The molecule has 1 aromatic carbocycles. The maximum Gasteiger partial charge on any atom is 0.293 e. The second-order valence-corrected chi connectivity index (χ2v) is 8.96. The fourth-order valence-corrected chi connectivity index (χ4v) is 4.59. The lowest BCUT2D eigenvalue weighted by atomic mass is 10.0. The maximum absolute atomic E-state index is 12.5. The van der Waals surface area contributed by atoms with E-state index in [1.54, 1.807) is 17.0 Å². The van der Waals surface area contributed by atoms with E-state index in [0.717, 1.165) is 38.4 Å². The Labute approximate surface area is 189 Å². The van der Waals surface area contributed by atoms with Gasteiger partial charge in [-0.05, 0) is 56.8 Å². The third-order valence-electron chi connectivity index (χ3n) is 6.43. The first kappa shape index (κ1) is 24.0. The summed E-state index contributed by atoms with van der Waals surface area (Å²) in [6.45, 7) is 9.88. The van der Waals surface area contributed by atoms with Crippen molar-refractivity contribution in [3.05, 3.63) is 33.9 Å². The monoisotopic (exact) mass is 445 g/mol. The minimum Gasteiger partial charge on any atom is -0.362 e. The van der Waals surface area contributed by atoms with E-state index < -0.39 is 4.92 Å². The van der Waals surface area contributed by atoms with Crippen LogP contribution in [0.2, 0.25) is 0 Å². The number of anilines is 1. The topological polar surface area (TPSA) is 99.0 Å². The van der Waals surface area contributed by atoms with Gasteiger partial charge in [0.1, 0.15) is 5.69 Å². The number of amides is 2. The first-order valence-corrected chi connectivity index (χ1v) is 11.6. The van der Waals surface area contributed by atoms with Crippen LogP contribution in [-0.4, -0.2) is 78.9 Å². The van der Waals surface area contributed by atoms with E-state index in [4.69, 9.17) is 0 Å². The highest BCUT2D eigenvalue weighted by atomic mass is 16.6. The molecule has 9 heteroatoms. The Kier molecular flexibility index (Phi) is 8.44. The predicted octanol–water partition coefficient (Wildman–Crippen LogP) is 2.51. The van der Waals surface area contributed by atoms with Gasteiger partial charge in [0, 0.05) is 57.8 Å². The summed E-state index contributed by atoms with van der Waals surface area (Å²) in [5, 5.41) is 14.6. The zero-order valence-corrected chi connectivity index (χ0v) is 19.2. The van der Waals surface area contributed by atoms with E-state index in [0.29, 0.717) is 44.0 Å². The number of carbonyl (C=O) groups is 2. The molecule has 2 aliphatic rings. The molecular formula is C23H35N5O4. The quantitative estimate of drug-likeness (QED) is 0.375. The summed E-state index contributed by atoms with van der Waals surface area (Å²) in [6, 6.07) is 4.65.